The summed E-state index contributed by atoms with van der Waals surface area (Å²) in [6, 6.07) is -0.270. The Morgan fingerprint density at radius 3 is 2.60 bits per heavy atom. The van der Waals surface area contributed by atoms with Gasteiger partial charge in [-0.3, -0.25) is 4.79 Å². The highest BCUT2D eigenvalue weighted by molar-refractivity contribution is 5.85. The highest BCUT2D eigenvalue weighted by atomic mass is 35.5. The van der Waals surface area contributed by atoms with E-state index in [2.05, 4.69) is 20.2 Å². The third kappa shape index (κ3) is 5.23. The molecule has 0 radical (unpaired) electrons. The molecule has 140 valence electrons. The zero-order valence-corrected chi connectivity index (χ0v) is 16.1. The molecule has 2 aromatic rings. The lowest BCUT2D eigenvalue weighted by molar-refractivity contribution is -0.131. The van der Waals surface area contributed by atoms with E-state index in [1.54, 1.807) is 18.7 Å². The van der Waals surface area contributed by atoms with Gasteiger partial charge >= 0.3 is 0 Å². The predicted octanol–water partition coefficient (Wildman–Crippen LogP) is 1.27. The Morgan fingerprint density at radius 2 is 2.04 bits per heavy atom. The van der Waals surface area contributed by atoms with Crippen LogP contribution >= 0.6 is 12.4 Å². The maximum absolute atomic E-state index is 12.5. The Hall–Kier alpha value is -2.00. The van der Waals surface area contributed by atoms with Crippen molar-refractivity contribution in [3.05, 3.63) is 23.4 Å². The molecular formula is C15H26ClN7O2. The second-order valence-electron chi connectivity index (χ2n) is 6.15. The van der Waals surface area contributed by atoms with E-state index in [1.807, 2.05) is 20.8 Å². The molecule has 10 heteroatoms. The molecule has 25 heavy (non-hydrogen) atoms. The first-order chi connectivity index (χ1) is 11.3. The first-order valence-corrected chi connectivity index (χ1v) is 8.04. The van der Waals surface area contributed by atoms with Crippen LogP contribution in [0.5, 0.6) is 0 Å². The fraction of sp³-hybridized carbons (Fsp3) is 0.667. The number of hydrogen-bond donors (Lipinski definition) is 1. The number of aromatic nitrogens is 5. The van der Waals surface area contributed by atoms with Gasteiger partial charge in [0.05, 0.1) is 12.6 Å². The largest absolute Gasteiger partial charge is 0.339 e. The second kappa shape index (κ2) is 8.91. The smallest absolute Gasteiger partial charge is 0.244 e. The van der Waals surface area contributed by atoms with E-state index >= 15 is 0 Å². The van der Waals surface area contributed by atoms with Crippen molar-refractivity contribution in [2.24, 2.45) is 11.7 Å². The summed E-state index contributed by atoms with van der Waals surface area (Å²) < 4.78 is 6.63. The minimum atomic E-state index is -0.270. The average molecular weight is 372 g/mol. The molecule has 0 aliphatic carbocycles. The minimum absolute atomic E-state index is 0. The van der Waals surface area contributed by atoms with Crippen LogP contribution in [-0.2, 0) is 24.3 Å². The molecule has 2 N–H and O–H groups in total. The first kappa shape index (κ1) is 21.0. The van der Waals surface area contributed by atoms with Crippen molar-refractivity contribution in [3.63, 3.8) is 0 Å². The van der Waals surface area contributed by atoms with Crippen LogP contribution in [0.1, 0.15) is 50.2 Å². The Balaban J connectivity index is 0.00000312. The summed E-state index contributed by atoms with van der Waals surface area (Å²) in [5.74, 6) is 2.34. The topological polar surface area (TPSA) is 116 Å². The summed E-state index contributed by atoms with van der Waals surface area (Å²) in [7, 11) is 1.69. The number of carbonyl (C=O) groups is 1. The number of carbonyl (C=O) groups excluding carboxylic acids is 1. The summed E-state index contributed by atoms with van der Waals surface area (Å²) in [5, 5.41) is 8.14. The van der Waals surface area contributed by atoms with Gasteiger partial charge in [0.2, 0.25) is 11.8 Å². The zero-order valence-electron chi connectivity index (χ0n) is 15.3. The summed E-state index contributed by atoms with van der Waals surface area (Å²) in [6.45, 7) is 8.09. The lowest BCUT2D eigenvalue weighted by Crippen LogP contribution is -2.32. The molecule has 0 saturated heterocycles. The van der Waals surface area contributed by atoms with Crippen molar-refractivity contribution in [2.45, 2.75) is 53.2 Å². The number of rotatable bonds is 7. The maximum Gasteiger partial charge on any atom is 0.244 e. The van der Waals surface area contributed by atoms with Crippen LogP contribution < -0.4 is 5.73 Å². The quantitative estimate of drug-likeness (QED) is 0.778. The molecule has 1 atom stereocenters. The van der Waals surface area contributed by atoms with Gasteiger partial charge < -0.3 is 15.2 Å². The fourth-order valence-corrected chi connectivity index (χ4v) is 2.18. The Bertz CT molecular complexity index is 698. The number of nitrogens with zero attached hydrogens (tertiary/aromatic N) is 6. The minimum Gasteiger partial charge on any atom is -0.339 e. The molecule has 1 amide bonds. The molecule has 0 aliphatic rings. The molecule has 2 aromatic heterocycles. The van der Waals surface area contributed by atoms with Gasteiger partial charge in [0.1, 0.15) is 18.2 Å². The van der Waals surface area contributed by atoms with E-state index in [-0.39, 0.29) is 43.4 Å². The van der Waals surface area contributed by atoms with E-state index in [0.29, 0.717) is 29.8 Å². The number of amides is 1. The van der Waals surface area contributed by atoms with Gasteiger partial charge in [-0.1, -0.05) is 25.9 Å². The third-order valence-electron chi connectivity index (χ3n) is 3.72. The van der Waals surface area contributed by atoms with Crippen LogP contribution in [0.15, 0.2) is 4.52 Å². The maximum atomic E-state index is 12.5. The van der Waals surface area contributed by atoms with Crippen LogP contribution in [0.25, 0.3) is 0 Å². The van der Waals surface area contributed by atoms with Gasteiger partial charge in [-0.25, -0.2) is 9.67 Å². The van der Waals surface area contributed by atoms with Crippen molar-refractivity contribution in [1.82, 2.24) is 29.8 Å². The van der Waals surface area contributed by atoms with Crippen LogP contribution in [0.3, 0.4) is 0 Å². The van der Waals surface area contributed by atoms with Crippen LogP contribution in [-0.4, -0.2) is 42.8 Å². The number of halogens is 1. The van der Waals surface area contributed by atoms with Gasteiger partial charge in [0.25, 0.3) is 0 Å². The van der Waals surface area contributed by atoms with E-state index in [9.17, 15) is 4.79 Å². The lowest BCUT2D eigenvalue weighted by Gasteiger charge is -2.18. The summed E-state index contributed by atoms with van der Waals surface area (Å²) in [5.41, 5.74) is 6.16. The van der Waals surface area contributed by atoms with Gasteiger partial charge in [-0.2, -0.15) is 10.1 Å². The van der Waals surface area contributed by atoms with Crippen molar-refractivity contribution in [1.29, 1.82) is 0 Å². The fourth-order valence-electron chi connectivity index (χ4n) is 2.18. The number of aryl methyl sites for hydroxylation is 2. The molecule has 0 bridgehead atoms. The van der Waals surface area contributed by atoms with Crippen LogP contribution in [0.4, 0.5) is 0 Å². The van der Waals surface area contributed by atoms with Crippen molar-refractivity contribution >= 4 is 18.3 Å². The standard InChI is InChI=1S/C15H25N7O2.ClH/c1-6-12-18-11(20-24-12)7-21(5)13(23)8-22-15(14(16)9(2)3)17-10(4)19-22;/h9,14H,6-8,16H2,1-5H3;1H/t14-;/m0./s1. The summed E-state index contributed by atoms with van der Waals surface area (Å²) >= 11 is 0. The molecular weight excluding hydrogens is 346 g/mol. The van der Waals surface area contributed by atoms with E-state index < -0.39 is 0 Å². The monoisotopic (exact) mass is 371 g/mol. The van der Waals surface area contributed by atoms with Gasteiger partial charge in [-0.05, 0) is 12.8 Å². The van der Waals surface area contributed by atoms with Gasteiger partial charge in [-0.15, -0.1) is 12.4 Å². The van der Waals surface area contributed by atoms with Gasteiger partial charge in [0.15, 0.2) is 5.82 Å². The number of likely N-dealkylation sites (N-methyl/N-ethyl adjacent to an activating group) is 1. The first-order valence-electron chi connectivity index (χ1n) is 8.04. The molecule has 0 aliphatic heterocycles. The molecule has 9 nitrogen and oxygen atoms in total. The molecule has 0 spiro atoms. The van der Waals surface area contributed by atoms with Crippen molar-refractivity contribution < 1.29 is 9.32 Å². The Labute approximate surface area is 153 Å². The van der Waals surface area contributed by atoms with E-state index in [4.69, 9.17) is 10.3 Å². The molecule has 0 fully saturated rings. The number of hydrogen-bond acceptors (Lipinski definition) is 7. The summed E-state index contributed by atoms with van der Waals surface area (Å²) in [6.07, 6.45) is 0.666. The SMILES string of the molecule is CCc1nc(CN(C)C(=O)Cn2nc(C)nc2[C@@H](N)C(C)C)no1.Cl. The molecule has 0 saturated carbocycles. The Kier molecular flexibility index (Phi) is 7.50. The highest BCUT2D eigenvalue weighted by Gasteiger charge is 2.21. The highest BCUT2D eigenvalue weighted by Crippen LogP contribution is 2.17. The van der Waals surface area contributed by atoms with E-state index in [1.165, 1.54) is 4.90 Å². The average Bonchev–Trinajstić information content (AvgIpc) is 3.12. The number of nitrogens with two attached hydrogens (primary N) is 1. The molecule has 2 rings (SSSR count). The van der Waals surface area contributed by atoms with Crippen LogP contribution in [0.2, 0.25) is 0 Å². The summed E-state index contributed by atoms with van der Waals surface area (Å²) in [4.78, 5) is 22.6. The normalized spacial score (nSPS) is 12.1. The van der Waals surface area contributed by atoms with Crippen molar-refractivity contribution in [2.75, 3.05) is 7.05 Å². The van der Waals surface area contributed by atoms with Crippen LogP contribution in [0, 0.1) is 12.8 Å². The van der Waals surface area contributed by atoms with Gasteiger partial charge in [0, 0.05) is 13.5 Å². The van der Waals surface area contributed by atoms with Crippen molar-refractivity contribution in [3.8, 4) is 0 Å². The predicted molar refractivity (Wildman–Crippen MR) is 93.9 cm³/mol. The molecule has 2 heterocycles. The Morgan fingerprint density at radius 1 is 1.36 bits per heavy atom. The molecule has 0 unspecified atom stereocenters. The third-order valence-corrected chi connectivity index (χ3v) is 3.72. The zero-order chi connectivity index (χ0) is 17.9. The molecule has 0 aromatic carbocycles. The lowest BCUT2D eigenvalue weighted by atomic mass is 10.1. The second-order valence-corrected chi connectivity index (χ2v) is 6.15. The van der Waals surface area contributed by atoms with E-state index in [0.717, 1.165) is 0 Å².